The third-order valence-electron chi connectivity index (χ3n) is 21.0. The molecule has 17 rings (SSSR count). The molecule has 0 saturated carbocycles. The number of carbonyl (C=O) groups excluding carboxylic acids is 3. The lowest BCUT2D eigenvalue weighted by Gasteiger charge is -2.37. The van der Waals surface area contributed by atoms with E-state index in [0.29, 0.717) is 43.0 Å². The molecule has 0 bridgehead atoms. The summed E-state index contributed by atoms with van der Waals surface area (Å²) in [6.45, 7) is 15.2. The Hall–Kier alpha value is -9.44. The van der Waals surface area contributed by atoms with Crippen molar-refractivity contribution in [2.45, 2.75) is 89.5 Å². The van der Waals surface area contributed by atoms with Crippen LogP contribution in [0.4, 0.5) is 25.1 Å². The number of fused-ring (bicyclic) bond motifs is 6. The zero-order valence-electron chi connectivity index (χ0n) is 57.4. The van der Waals surface area contributed by atoms with Gasteiger partial charge >= 0.3 is 6.03 Å². The van der Waals surface area contributed by atoms with Gasteiger partial charge in [0.15, 0.2) is 0 Å². The largest absolute Gasteiger partial charge is 0.366 e. The van der Waals surface area contributed by atoms with Gasteiger partial charge in [-0.1, -0.05) is 84.4 Å². The van der Waals surface area contributed by atoms with E-state index >= 15 is 0 Å². The van der Waals surface area contributed by atoms with Crippen LogP contribution in [0.2, 0.25) is 5.02 Å². The van der Waals surface area contributed by atoms with Crippen molar-refractivity contribution in [2.24, 2.45) is 0 Å². The van der Waals surface area contributed by atoms with Crippen molar-refractivity contribution in [1.29, 1.82) is 0 Å². The first-order valence-corrected chi connectivity index (χ1v) is 37.1. The lowest BCUT2D eigenvalue weighted by Crippen LogP contribution is -2.52. The van der Waals surface area contributed by atoms with Gasteiger partial charge in [-0.05, 0) is 146 Å². The number of anilines is 2. The number of carbonyl (C=O) groups is 3. The zero-order valence-corrected chi connectivity index (χ0v) is 59.0. The number of aromatic nitrogens is 6. The summed E-state index contributed by atoms with van der Waals surface area (Å²) in [4.78, 5) is 67.7. The third-order valence-corrected chi connectivity index (χ3v) is 22.7. The van der Waals surface area contributed by atoms with Gasteiger partial charge in [0.1, 0.15) is 17.5 Å². The van der Waals surface area contributed by atoms with E-state index in [-0.39, 0.29) is 35.4 Å². The number of piperazine rings is 1. The van der Waals surface area contributed by atoms with E-state index in [1.54, 1.807) is 32.0 Å². The van der Waals surface area contributed by atoms with Gasteiger partial charge in [-0.3, -0.25) is 9.59 Å². The Bertz CT molecular complexity index is 4870. The number of hydrogen-bond donors (Lipinski definition) is 5. The van der Waals surface area contributed by atoms with Crippen LogP contribution >= 0.6 is 11.6 Å². The lowest BCUT2D eigenvalue weighted by molar-refractivity contribution is -0.130. The number of halogens is 3. The number of H-pyrrole nitrogens is 5. The highest BCUT2D eigenvalue weighted by Crippen LogP contribution is 2.39. The Labute approximate surface area is 587 Å². The number of aryl methyl sites for hydroxylation is 1. The quantitative estimate of drug-likeness (QED) is 0.104. The molecule has 4 amide bonds. The third kappa shape index (κ3) is 15.0. The van der Waals surface area contributed by atoms with Crippen LogP contribution < -0.4 is 9.80 Å². The van der Waals surface area contributed by atoms with E-state index in [4.69, 9.17) is 11.6 Å². The number of hydrogen-bond acceptors (Lipinski definition) is 8. The van der Waals surface area contributed by atoms with Crippen LogP contribution in [0.15, 0.2) is 158 Å². The van der Waals surface area contributed by atoms with E-state index in [1.165, 1.54) is 72.1 Å². The van der Waals surface area contributed by atoms with Gasteiger partial charge in [0.2, 0.25) is 21.8 Å². The van der Waals surface area contributed by atoms with Gasteiger partial charge in [-0.15, -0.1) is 0 Å². The number of sulfonamides is 1. The molecule has 5 N–H and O–H groups in total. The average Bonchev–Trinajstić information content (AvgIpc) is 1.65. The molecule has 0 spiro atoms. The molecule has 5 saturated heterocycles. The second-order valence-electron chi connectivity index (χ2n) is 27.2. The van der Waals surface area contributed by atoms with Crippen molar-refractivity contribution in [3.8, 4) is 0 Å². The van der Waals surface area contributed by atoms with E-state index in [0.717, 1.165) is 147 Å². The van der Waals surface area contributed by atoms with Gasteiger partial charge in [-0.2, -0.15) is 0 Å². The number of pyridine rings is 1. The summed E-state index contributed by atoms with van der Waals surface area (Å²) in [5, 5.41) is 6.56. The maximum atomic E-state index is 13.7. The first-order valence-electron chi connectivity index (χ1n) is 34.8. The number of aromatic amines is 5. The molecule has 11 aromatic rings. The minimum Gasteiger partial charge on any atom is -0.366 e. The fourth-order valence-electron chi connectivity index (χ4n) is 15.7. The summed E-state index contributed by atoms with van der Waals surface area (Å²) in [6, 6.07) is 39.4. The molecule has 100 heavy (non-hydrogen) atoms. The minimum atomic E-state index is -3.10. The van der Waals surface area contributed by atoms with Gasteiger partial charge in [0, 0.05) is 185 Å². The number of para-hydroxylation sites is 4. The van der Waals surface area contributed by atoms with Crippen molar-refractivity contribution in [1.82, 2.24) is 53.8 Å². The minimum absolute atomic E-state index is 0.136. The van der Waals surface area contributed by atoms with E-state index in [1.807, 2.05) is 93.9 Å². The number of nitrogens with one attached hydrogen (secondary N) is 5. The molecule has 6 aromatic heterocycles. The van der Waals surface area contributed by atoms with Gasteiger partial charge in [0.25, 0.3) is 0 Å². The second kappa shape index (κ2) is 30.2. The molecule has 1 unspecified atom stereocenters. The monoisotopic (exact) mass is 1390 g/mol. The van der Waals surface area contributed by atoms with E-state index in [9.17, 15) is 31.6 Å². The van der Waals surface area contributed by atoms with Crippen LogP contribution in [-0.4, -0.2) is 178 Å². The summed E-state index contributed by atoms with van der Waals surface area (Å²) in [7, 11) is -1.22. The predicted octanol–water partition coefficient (Wildman–Crippen LogP) is 14.9. The van der Waals surface area contributed by atoms with Crippen LogP contribution in [0, 0.1) is 18.6 Å². The first kappa shape index (κ1) is 69.1. The average molecular weight is 1390 g/mol. The van der Waals surface area contributed by atoms with E-state index in [2.05, 4.69) is 113 Å². The smallest absolute Gasteiger partial charge is 0.320 e. The fourth-order valence-corrected chi connectivity index (χ4v) is 16.8. The van der Waals surface area contributed by atoms with Crippen molar-refractivity contribution in [3.63, 3.8) is 0 Å². The molecule has 0 aliphatic carbocycles. The SMILES string of the molecule is CC(=O)N1CC=C(c2c[nH]c3c(Cl)cccc23)CC1.CC(=O)N1CCC(c2c(C)[nH]c3ccccc23)CC1.CN1CC2CN(c3c[nH]c4ccccc34)CCN2C1=O.CS(=O)(=O)N1CCC(c2c[nH]c3c(F)cccc23)CC1.Fc1ccc2c(C3CCN(c4ccccn4)CC3)c[nH]c2c1. The molecule has 522 valence electrons. The highest BCUT2D eigenvalue weighted by molar-refractivity contribution is 7.88. The number of amides is 4. The molecule has 5 aromatic carbocycles. The number of likely N-dealkylation sites (tertiary alicyclic amines) is 1. The van der Waals surface area contributed by atoms with Crippen LogP contribution in [0.3, 0.4) is 0 Å². The molecule has 12 heterocycles. The number of nitrogens with zero attached hydrogens (tertiary/aromatic N) is 8. The van der Waals surface area contributed by atoms with Crippen LogP contribution in [-0.2, 0) is 19.6 Å². The molecule has 1 atom stereocenters. The number of rotatable bonds is 7. The highest BCUT2D eigenvalue weighted by Gasteiger charge is 2.39. The summed E-state index contributed by atoms with van der Waals surface area (Å²) < 4.78 is 51.5. The van der Waals surface area contributed by atoms with Crippen molar-refractivity contribution < 1.29 is 31.6 Å². The maximum Gasteiger partial charge on any atom is 0.320 e. The van der Waals surface area contributed by atoms with Gasteiger partial charge in [-0.25, -0.2) is 31.3 Å². The predicted molar refractivity (Wildman–Crippen MR) is 398 cm³/mol. The Morgan fingerprint density at radius 3 is 1.94 bits per heavy atom. The Morgan fingerprint density at radius 2 is 1.23 bits per heavy atom. The van der Waals surface area contributed by atoms with E-state index < -0.39 is 10.0 Å². The normalized spacial score (nSPS) is 18.1. The number of piperidine rings is 3. The number of likely N-dealkylation sites (N-methyl/N-ethyl adjacent to an activating group) is 1. The van der Waals surface area contributed by atoms with Crippen molar-refractivity contribution in [3.05, 3.63) is 203 Å². The van der Waals surface area contributed by atoms with Gasteiger partial charge < -0.3 is 54.3 Å². The molecule has 6 aliphatic rings. The summed E-state index contributed by atoms with van der Waals surface area (Å²) in [5.41, 5.74) is 13.7. The second-order valence-corrected chi connectivity index (χ2v) is 29.6. The zero-order chi connectivity index (χ0) is 69.8. The fraction of sp³-hybridized carbons (Fsp3) is 0.359. The molecule has 5 fully saturated rings. The molecule has 22 heteroatoms. The highest BCUT2D eigenvalue weighted by atomic mass is 35.5. The van der Waals surface area contributed by atoms with Crippen LogP contribution in [0.1, 0.15) is 104 Å². The van der Waals surface area contributed by atoms with Gasteiger partial charge in [0.05, 0.1) is 34.0 Å². The molecule has 0 radical (unpaired) electrons. The van der Waals surface area contributed by atoms with Crippen LogP contribution in [0.25, 0.3) is 60.1 Å². The molecular formula is C78H88ClF2N13O5S. The molecule has 6 aliphatic heterocycles. The number of benzene rings is 5. The summed E-state index contributed by atoms with van der Waals surface area (Å²) in [5.74, 6) is 2.34. The van der Waals surface area contributed by atoms with Crippen molar-refractivity contribution in [2.75, 3.05) is 102 Å². The standard InChI is InChI=1S/C18H18FN3.C16H20N2O.C15H15ClN2O.C15H18N4O.C14H17FN2O2S/c19-14-4-5-15-16(12-21-17(15)11-14)13-6-9-22(10-7-13)18-3-1-2-8-20-18;1-11-16(14-5-3-4-6-15(14)17-11)13-7-9-18(10-8-13)12(2)19;1-10(19)18-7-5-11(6-8-18)13-9-17-15-12(13)3-2-4-14(15)16;1-17-9-11-10-18(6-7-19(11)15(17)20)14-8-16-13-5-3-2-4-12(13)14;1-20(18,19)17-7-5-10(6-8-17)12-9-16-14-11(12)3-2-4-13(14)15/h1-5,8,11-13,21H,6-7,9-10H2;3-6,13,17H,7-10H2,1-2H3;2-5,9,17H,6-8H2,1H3;2-5,8,11,16H,6-7,9-10H2,1H3;2-4,9-10,16H,5-8H2,1H3. The topological polar surface area (TPSA) is 200 Å². The lowest BCUT2D eigenvalue weighted by atomic mass is 9.87. The Morgan fingerprint density at radius 1 is 0.590 bits per heavy atom. The first-order chi connectivity index (χ1) is 48.3. The number of urea groups is 1. The Kier molecular flexibility index (Phi) is 20.8. The maximum absolute atomic E-state index is 13.7. The summed E-state index contributed by atoms with van der Waals surface area (Å²) in [6.07, 6.45) is 20.0. The molecule has 18 nitrogen and oxygen atoms in total. The van der Waals surface area contributed by atoms with Crippen LogP contribution in [0.5, 0.6) is 0 Å². The summed E-state index contributed by atoms with van der Waals surface area (Å²) >= 11 is 6.17. The van der Waals surface area contributed by atoms with Crippen molar-refractivity contribution >= 4 is 111 Å². The molecular weight excluding hydrogens is 1300 g/mol. The Balaban J connectivity index is 0.000000112.